The summed E-state index contributed by atoms with van der Waals surface area (Å²) in [6, 6.07) is 51.4. The molecule has 2 unspecified atom stereocenters. The van der Waals surface area contributed by atoms with Gasteiger partial charge < -0.3 is 0 Å². The summed E-state index contributed by atoms with van der Waals surface area (Å²) in [5, 5.41) is 0. The van der Waals surface area contributed by atoms with Crippen molar-refractivity contribution in [3.8, 4) is 45.0 Å². The van der Waals surface area contributed by atoms with Gasteiger partial charge in [-0.15, -0.1) is 0 Å². The molecule has 46 heavy (non-hydrogen) atoms. The number of hydrogen-bond acceptors (Lipinski definition) is 2. The Kier molecular flexibility index (Phi) is 6.77. The summed E-state index contributed by atoms with van der Waals surface area (Å²) in [7, 11) is 0. The summed E-state index contributed by atoms with van der Waals surface area (Å²) in [6.07, 6.45) is 4.74. The minimum absolute atomic E-state index is 0.0784. The molecule has 0 saturated heterocycles. The lowest BCUT2D eigenvalue weighted by atomic mass is 9.72. The SMILES string of the molecule is CC1C=CC2=C(c3ccc#cc3C2(C)C)C1c1cccc(-c2ccc(-c3nc(-c4ccccc4)cc(-c4ccccc4)n3)cc2)c1. The van der Waals surface area contributed by atoms with E-state index in [0.29, 0.717) is 5.92 Å². The number of nitrogens with zero attached hydrogens (tertiary/aromatic N) is 2. The van der Waals surface area contributed by atoms with E-state index in [4.69, 9.17) is 9.97 Å². The Morgan fingerprint density at radius 1 is 0.630 bits per heavy atom. The van der Waals surface area contributed by atoms with Crippen LogP contribution in [0, 0.1) is 18.1 Å². The van der Waals surface area contributed by atoms with Gasteiger partial charge in [0, 0.05) is 33.6 Å². The Hall–Kier alpha value is -5.52. The van der Waals surface area contributed by atoms with E-state index >= 15 is 0 Å². The van der Waals surface area contributed by atoms with Gasteiger partial charge in [0.1, 0.15) is 0 Å². The molecule has 6 aromatic rings. The Morgan fingerprint density at radius 2 is 1.26 bits per heavy atom. The maximum atomic E-state index is 5.02. The molecule has 0 bridgehead atoms. The van der Waals surface area contributed by atoms with E-state index in [-0.39, 0.29) is 11.3 Å². The highest BCUT2D eigenvalue weighted by molar-refractivity contribution is 5.87. The van der Waals surface area contributed by atoms with Gasteiger partial charge in [-0.05, 0) is 57.5 Å². The Balaban J connectivity index is 1.16. The highest BCUT2D eigenvalue weighted by Gasteiger charge is 2.42. The van der Waals surface area contributed by atoms with Crippen LogP contribution >= 0.6 is 0 Å². The molecule has 0 N–H and O–H groups in total. The van der Waals surface area contributed by atoms with Crippen LogP contribution in [0.3, 0.4) is 0 Å². The van der Waals surface area contributed by atoms with Crippen molar-refractivity contribution in [3.63, 3.8) is 0 Å². The van der Waals surface area contributed by atoms with Crippen molar-refractivity contribution in [2.24, 2.45) is 5.92 Å². The van der Waals surface area contributed by atoms with E-state index in [1.165, 1.54) is 39.0 Å². The number of rotatable bonds is 5. The third-order valence-corrected chi connectivity index (χ3v) is 9.67. The summed E-state index contributed by atoms with van der Waals surface area (Å²) < 4.78 is 0. The van der Waals surface area contributed by atoms with Gasteiger partial charge in [0.05, 0.1) is 11.4 Å². The second-order valence-electron chi connectivity index (χ2n) is 12.9. The van der Waals surface area contributed by atoms with Crippen LogP contribution in [-0.2, 0) is 5.41 Å². The summed E-state index contributed by atoms with van der Waals surface area (Å²) in [5.41, 5.74) is 14.0. The molecule has 5 aromatic carbocycles. The molecule has 0 fully saturated rings. The van der Waals surface area contributed by atoms with E-state index in [1.807, 2.05) is 42.5 Å². The number of allylic oxidation sites excluding steroid dienone is 4. The first-order valence-electron chi connectivity index (χ1n) is 16.0. The second kappa shape index (κ2) is 11.1. The zero-order valence-corrected chi connectivity index (χ0v) is 26.3. The fourth-order valence-electron chi connectivity index (χ4n) is 7.26. The number of aromatic nitrogens is 2. The van der Waals surface area contributed by atoms with Gasteiger partial charge in [-0.25, -0.2) is 9.97 Å². The Bertz CT molecular complexity index is 2060. The summed E-state index contributed by atoms with van der Waals surface area (Å²) in [4.78, 5) is 10.0. The number of hydrogen-bond donors (Lipinski definition) is 0. The molecule has 0 radical (unpaired) electrons. The van der Waals surface area contributed by atoms with Crippen LogP contribution in [0.1, 0.15) is 43.4 Å². The molecule has 0 spiro atoms. The molecule has 2 aliphatic rings. The first-order valence-corrected chi connectivity index (χ1v) is 16.0. The normalized spacial score (nSPS) is 17.7. The quantitative estimate of drug-likeness (QED) is 0.200. The topological polar surface area (TPSA) is 25.8 Å². The smallest absolute Gasteiger partial charge is 0.160 e. The zero-order chi connectivity index (χ0) is 31.3. The van der Waals surface area contributed by atoms with Crippen LogP contribution in [0.4, 0.5) is 0 Å². The predicted molar refractivity (Wildman–Crippen MR) is 189 cm³/mol. The van der Waals surface area contributed by atoms with E-state index in [0.717, 1.165) is 33.9 Å². The van der Waals surface area contributed by atoms with Crippen LogP contribution in [-0.4, -0.2) is 9.97 Å². The lowest BCUT2D eigenvalue weighted by molar-refractivity contribution is 0.617. The summed E-state index contributed by atoms with van der Waals surface area (Å²) >= 11 is 0. The molecule has 1 aromatic heterocycles. The van der Waals surface area contributed by atoms with Crippen LogP contribution < -0.4 is 0 Å². The second-order valence-corrected chi connectivity index (χ2v) is 12.9. The minimum atomic E-state index is -0.0784. The molecule has 2 heteroatoms. The summed E-state index contributed by atoms with van der Waals surface area (Å²) in [5.74, 6) is 1.38. The highest BCUT2D eigenvalue weighted by atomic mass is 14.9. The molecule has 2 aliphatic carbocycles. The van der Waals surface area contributed by atoms with Gasteiger partial charge >= 0.3 is 0 Å². The molecule has 0 amide bonds. The average Bonchev–Trinajstić information content (AvgIpc) is 3.35. The Morgan fingerprint density at radius 3 is 1.93 bits per heavy atom. The first kappa shape index (κ1) is 28.0. The van der Waals surface area contributed by atoms with Crippen LogP contribution in [0.25, 0.3) is 50.6 Å². The summed E-state index contributed by atoms with van der Waals surface area (Å²) in [6.45, 7) is 6.97. The van der Waals surface area contributed by atoms with Crippen LogP contribution in [0.5, 0.6) is 0 Å². The minimum Gasteiger partial charge on any atom is -0.228 e. The molecule has 220 valence electrons. The van der Waals surface area contributed by atoms with Gasteiger partial charge in [0.2, 0.25) is 0 Å². The molecule has 1 heterocycles. The zero-order valence-electron chi connectivity index (χ0n) is 26.3. The van der Waals surface area contributed by atoms with E-state index in [9.17, 15) is 0 Å². The van der Waals surface area contributed by atoms with Gasteiger partial charge in [0.25, 0.3) is 0 Å². The predicted octanol–water partition coefficient (Wildman–Crippen LogP) is 10.8. The lowest BCUT2D eigenvalue weighted by Gasteiger charge is -2.31. The van der Waals surface area contributed by atoms with Crippen molar-refractivity contribution in [3.05, 3.63) is 174 Å². The third kappa shape index (κ3) is 4.77. The lowest BCUT2D eigenvalue weighted by Crippen LogP contribution is -2.19. The van der Waals surface area contributed by atoms with E-state index in [1.54, 1.807) is 0 Å². The maximum Gasteiger partial charge on any atom is 0.160 e. The largest absolute Gasteiger partial charge is 0.228 e. The molecule has 0 aliphatic heterocycles. The van der Waals surface area contributed by atoms with Crippen molar-refractivity contribution in [1.29, 1.82) is 0 Å². The van der Waals surface area contributed by atoms with Gasteiger partial charge in [-0.1, -0.05) is 154 Å². The molecular formula is C44H34N2. The van der Waals surface area contributed by atoms with Crippen molar-refractivity contribution in [2.75, 3.05) is 0 Å². The van der Waals surface area contributed by atoms with Crippen molar-refractivity contribution < 1.29 is 0 Å². The monoisotopic (exact) mass is 590 g/mol. The molecule has 2 nitrogen and oxygen atoms in total. The fourth-order valence-corrected chi connectivity index (χ4v) is 7.26. The van der Waals surface area contributed by atoms with Gasteiger partial charge in [-0.3, -0.25) is 0 Å². The van der Waals surface area contributed by atoms with Crippen molar-refractivity contribution in [2.45, 2.75) is 32.1 Å². The number of benzene rings is 4. The van der Waals surface area contributed by atoms with Crippen LogP contribution in [0.2, 0.25) is 0 Å². The fraction of sp³-hybridized carbons (Fsp3) is 0.136. The maximum absolute atomic E-state index is 5.02. The standard InChI is InChI=1S/C44H34N2/c1-29-21-26-38-42(36-19-10-11-20-37(36)44(38,2)3)41(29)35-18-12-17-34(27-35)30-22-24-33(25-23-30)43-45-39(31-13-6-4-7-14-31)28-40(46-43)32-15-8-5-9-16-32/h4-10,12-19,21-29,41H,1-3H3. The number of fused-ring (bicyclic) bond motifs is 2. The molecule has 8 rings (SSSR count). The molecular weight excluding hydrogens is 556 g/mol. The van der Waals surface area contributed by atoms with Gasteiger partial charge in [0.15, 0.2) is 5.82 Å². The van der Waals surface area contributed by atoms with Crippen molar-refractivity contribution in [1.82, 2.24) is 9.97 Å². The van der Waals surface area contributed by atoms with E-state index < -0.39 is 0 Å². The van der Waals surface area contributed by atoms with E-state index in [2.05, 4.69) is 130 Å². The van der Waals surface area contributed by atoms with Crippen molar-refractivity contribution >= 4 is 5.57 Å². The molecule has 2 atom stereocenters. The molecule has 0 saturated carbocycles. The average molecular weight is 591 g/mol. The third-order valence-electron chi connectivity index (χ3n) is 9.67. The van der Waals surface area contributed by atoms with Gasteiger partial charge in [-0.2, -0.15) is 0 Å². The Labute approximate surface area is 271 Å². The van der Waals surface area contributed by atoms with Crippen LogP contribution in [0.15, 0.2) is 145 Å². The highest BCUT2D eigenvalue weighted by Crippen LogP contribution is 2.55. The first-order chi connectivity index (χ1) is 22.5.